The number of nitrogens with one attached hydrogen (secondary N) is 3. The van der Waals surface area contributed by atoms with Crippen molar-refractivity contribution in [3.8, 4) is 11.1 Å². The molecule has 0 bridgehead atoms. The number of aromatic nitrogens is 1. The maximum Gasteiger partial charge on any atom is 0.416 e. The predicted octanol–water partition coefficient (Wildman–Crippen LogP) is 5.99. The second-order valence-electron chi connectivity index (χ2n) is 6.98. The van der Waals surface area contributed by atoms with Crippen molar-refractivity contribution in [2.75, 3.05) is 10.6 Å². The van der Waals surface area contributed by atoms with Gasteiger partial charge in [0.1, 0.15) is 0 Å². The molecule has 31 heavy (non-hydrogen) atoms. The lowest BCUT2D eigenvalue weighted by Crippen LogP contribution is -2.19. The van der Waals surface area contributed by atoms with Gasteiger partial charge in [-0.25, -0.2) is 4.79 Å². The molecule has 1 aromatic heterocycles. The van der Waals surface area contributed by atoms with E-state index in [-0.39, 0.29) is 12.3 Å². The molecule has 0 aliphatic carbocycles. The molecule has 0 saturated carbocycles. The van der Waals surface area contributed by atoms with Gasteiger partial charge < -0.3 is 20.7 Å². The van der Waals surface area contributed by atoms with E-state index in [0.29, 0.717) is 5.69 Å². The molecule has 0 fully saturated rings. The smallest absolute Gasteiger partial charge is 0.392 e. The van der Waals surface area contributed by atoms with Crippen LogP contribution in [-0.2, 0) is 12.8 Å². The number of urea groups is 1. The summed E-state index contributed by atoms with van der Waals surface area (Å²) in [7, 11) is 0. The van der Waals surface area contributed by atoms with Crippen LogP contribution in [0.4, 0.5) is 29.3 Å². The lowest BCUT2D eigenvalue weighted by molar-refractivity contribution is -0.137. The number of aromatic amines is 1. The lowest BCUT2D eigenvalue weighted by Gasteiger charge is -2.10. The van der Waals surface area contributed by atoms with Gasteiger partial charge in [-0.1, -0.05) is 24.3 Å². The Kier molecular flexibility index (Phi) is 5.39. The van der Waals surface area contributed by atoms with E-state index >= 15 is 0 Å². The van der Waals surface area contributed by atoms with Gasteiger partial charge in [0.15, 0.2) is 0 Å². The number of fused-ring (bicyclic) bond motifs is 1. The molecule has 0 radical (unpaired) electrons. The summed E-state index contributed by atoms with van der Waals surface area (Å²) in [5, 5.41) is 15.4. The highest BCUT2D eigenvalue weighted by Gasteiger charge is 2.30. The van der Waals surface area contributed by atoms with Crippen LogP contribution in [0.15, 0.2) is 72.9 Å². The number of hydrogen-bond donors (Lipinski definition) is 4. The van der Waals surface area contributed by atoms with Crippen LogP contribution in [0.2, 0.25) is 0 Å². The molecule has 3 aromatic carbocycles. The third kappa shape index (κ3) is 4.54. The van der Waals surface area contributed by atoms with Gasteiger partial charge in [0, 0.05) is 22.8 Å². The molecule has 4 rings (SSSR count). The SMILES string of the molecule is O=C(Nc1ccc(C(F)(F)F)cc1)Nc1c[nH]c2ccc(-c3cccc(CO)c3)cc12. The standard InChI is InChI=1S/C23H18F3N3O2/c24-23(25,26)17-5-7-18(8-6-17)28-22(31)29-21-12-27-20-9-4-16(11-19(20)21)15-3-1-2-14(10-15)13-30/h1-12,27,30H,13H2,(H2,28,29,31). The minimum absolute atomic E-state index is 0.0584. The third-order valence-electron chi connectivity index (χ3n) is 4.84. The van der Waals surface area contributed by atoms with Crippen molar-refractivity contribution in [2.45, 2.75) is 12.8 Å². The maximum atomic E-state index is 12.7. The number of carbonyl (C=O) groups excluding carboxylic acids is 1. The van der Waals surface area contributed by atoms with Crippen molar-refractivity contribution in [1.29, 1.82) is 0 Å². The van der Waals surface area contributed by atoms with Gasteiger partial charge in [0.25, 0.3) is 0 Å². The molecular weight excluding hydrogens is 407 g/mol. The summed E-state index contributed by atoms with van der Waals surface area (Å²) < 4.78 is 38.0. The van der Waals surface area contributed by atoms with Crippen LogP contribution in [0.25, 0.3) is 22.0 Å². The van der Waals surface area contributed by atoms with E-state index < -0.39 is 17.8 Å². The molecule has 2 amide bonds. The lowest BCUT2D eigenvalue weighted by atomic mass is 10.0. The molecule has 8 heteroatoms. The Hall–Kier alpha value is -3.78. The van der Waals surface area contributed by atoms with Gasteiger partial charge in [0.05, 0.1) is 17.9 Å². The fourth-order valence-electron chi connectivity index (χ4n) is 3.28. The summed E-state index contributed by atoms with van der Waals surface area (Å²) >= 11 is 0. The summed E-state index contributed by atoms with van der Waals surface area (Å²) in [6.07, 6.45) is -2.79. The van der Waals surface area contributed by atoms with Gasteiger partial charge in [-0.3, -0.25) is 0 Å². The minimum atomic E-state index is -4.43. The molecule has 0 aliphatic rings. The number of carbonyl (C=O) groups is 1. The zero-order valence-electron chi connectivity index (χ0n) is 16.1. The second-order valence-corrected chi connectivity index (χ2v) is 6.98. The van der Waals surface area contributed by atoms with E-state index in [1.807, 2.05) is 42.5 Å². The number of rotatable bonds is 4. The van der Waals surface area contributed by atoms with Gasteiger partial charge in [-0.15, -0.1) is 0 Å². The van der Waals surface area contributed by atoms with Crippen LogP contribution >= 0.6 is 0 Å². The van der Waals surface area contributed by atoms with Gasteiger partial charge in [-0.05, 0) is 59.2 Å². The molecule has 0 saturated heterocycles. The zero-order chi connectivity index (χ0) is 22.0. The molecular formula is C23H18F3N3O2. The summed E-state index contributed by atoms with van der Waals surface area (Å²) in [4.78, 5) is 15.4. The largest absolute Gasteiger partial charge is 0.416 e. The summed E-state index contributed by atoms with van der Waals surface area (Å²) in [5.74, 6) is 0. The molecule has 1 heterocycles. The average molecular weight is 425 g/mol. The molecule has 0 atom stereocenters. The fraction of sp³-hybridized carbons (Fsp3) is 0.0870. The predicted molar refractivity (Wildman–Crippen MR) is 114 cm³/mol. The molecule has 4 aromatic rings. The number of H-pyrrole nitrogens is 1. The number of aliphatic hydroxyl groups excluding tert-OH is 1. The minimum Gasteiger partial charge on any atom is -0.392 e. The van der Waals surface area contributed by atoms with Crippen molar-refractivity contribution in [3.05, 3.63) is 84.1 Å². The highest BCUT2D eigenvalue weighted by Crippen LogP contribution is 2.31. The van der Waals surface area contributed by atoms with Crippen LogP contribution in [0.3, 0.4) is 0 Å². The van der Waals surface area contributed by atoms with E-state index in [1.165, 1.54) is 12.1 Å². The molecule has 0 aliphatic heterocycles. The van der Waals surface area contributed by atoms with Crippen molar-refractivity contribution in [2.24, 2.45) is 0 Å². The highest BCUT2D eigenvalue weighted by atomic mass is 19.4. The molecule has 4 N–H and O–H groups in total. The number of aliphatic hydroxyl groups is 1. The normalized spacial score (nSPS) is 11.5. The van der Waals surface area contributed by atoms with E-state index in [1.54, 1.807) is 6.20 Å². The Bertz CT molecular complexity index is 1230. The van der Waals surface area contributed by atoms with Crippen molar-refractivity contribution < 1.29 is 23.1 Å². The Morgan fingerprint density at radius 3 is 2.39 bits per heavy atom. The topological polar surface area (TPSA) is 77.2 Å². The average Bonchev–Trinajstić information content (AvgIpc) is 3.15. The highest BCUT2D eigenvalue weighted by molar-refractivity contribution is 6.06. The van der Waals surface area contributed by atoms with E-state index in [9.17, 15) is 23.1 Å². The van der Waals surface area contributed by atoms with Crippen LogP contribution in [-0.4, -0.2) is 16.1 Å². The number of anilines is 2. The maximum absolute atomic E-state index is 12.7. The Morgan fingerprint density at radius 2 is 1.68 bits per heavy atom. The Balaban J connectivity index is 1.53. The molecule has 158 valence electrons. The summed E-state index contributed by atoms with van der Waals surface area (Å²) in [6, 6.07) is 16.9. The van der Waals surface area contributed by atoms with Gasteiger partial charge in [-0.2, -0.15) is 13.2 Å². The molecule has 5 nitrogen and oxygen atoms in total. The van der Waals surface area contributed by atoms with Crippen LogP contribution in [0.1, 0.15) is 11.1 Å². The first-order chi connectivity index (χ1) is 14.8. The monoisotopic (exact) mass is 425 g/mol. The zero-order valence-corrected chi connectivity index (χ0v) is 16.1. The van der Waals surface area contributed by atoms with E-state index in [2.05, 4.69) is 15.6 Å². The second kappa shape index (κ2) is 8.16. The first-order valence-electron chi connectivity index (χ1n) is 9.40. The van der Waals surface area contributed by atoms with Crippen molar-refractivity contribution >= 4 is 28.3 Å². The number of amides is 2. The first kappa shape index (κ1) is 20.5. The van der Waals surface area contributed by atoms with Crippen molar-refractivity contribution in [3.63, 3.8) is 0 Å². The Morgan fingerprint density at radius 1 is 0.935 bits per heavy atom. The third-order valence-corrected chi connectivity index (χ3v) is 4.84. The number of alkyl halides is 3. The van der Waals surface area contributed by atoms with Gasteiger partial charge in [0.2, 0.25) is 0 Å². The van der Waals surface area contributed by atoms with E-state index in [4.69, 9.17) is 0 Å². The van der Waals surface area contributed by atoms with E-state index in [0.717, 1.165) is 39.7 Å². The van der Waals surface area contributed by atoms with Crippen LogP contribution in [0.5, 0.6) is 0 Å². The van der Waals surface area contributed by atoms with Crippen LogP contribution in [0, 0.1) is 0 Å². The summed E-state index contributed by atoms with van der Waals surface area (Å²) in [5.41, 5.74) is 3.43. The number of hydrogen-bond acceptors (Lipinski definition) is 2. The summed E-state index contributed by atoms with van der Waals surface area (Å²) in [6.45, 7) is -0.0584. The van der Waals surface area contributed by atoms with Crippen LogP contribution < -0.4 is 10.6 Å². The Labute approximate surface area is 175 Å². The quantitative estimate of drug-likeness (QED) is 0.324. The van der Waals surface area contributed by atoms with Crippen molar-refractivity contribution in [1.82, 2.24) is 4.98 Å². The number of halogens is 3. The number of benzene rings is 3. The fourth-order valence-corrected chi connectivity index (χ4v) is 3.28. The molecule has 0 unspecified atom stereocenters. The first-order valence-corrected chi connectivity index (χ1v) is 9.40. The molecule has 0 spiro atoms. The van der Waals surface area contributed by atoms with Gasteiger partial charge >= 0.3 is 12.2 Å².